The van der Waals surface area contributed by atoms with Crippen LogP contribution in [0.4, 0.5) is 0 Å². The minimum absolute atomic E-state index is 0.0538. The second-order valence-corrected chi connectivity index (χ2v) is 4.46. The van der Waals surface area contributed by atoms with Crippen LogP contribution in [-0.4, -0.2) is 15.6 Å². The molecule has 0 saturated carbocycles. The number of hydrogen-bond acceptors (Lipinski definition) is 2. The first kappa shape index (κ1) is 11.6. The summed E-state index contributed by atoms with van der Waals surface area (Å²) in [6, 6.07) is 6.25. The van der Waals surface area contributed by atoms with Gasteiger partial charge in [-0.2, -0.15) is 5.10 Å². The van der Waals surface area contributed by atoms with Crippen molar-refractivity contribution < 1.29 is 4.79 Å². The maximum atomic E-state index is 11.4. The fourth-order valence-electron chi connectivity index (χ4n) is 2.09. The molecule has 3 heteroatoms. The predicted octanol–water partition coefficient (Wildman–Crippen LogP) is 3.00. The number of aromatic nitrogens is 2. The maximum Gasteiger partial charge on any atom is 0.163 e. The van der Waals surface area contributed by atoms with Crippen molar-refractivity contribution in [3.8, 4) is 5.69 Å². The molecule has 0 spiro atoms. The molecule has 0 amide bonds. The van der Waals surface area contributed by atoms with Gasteiger partial charge in [0.25, 0.3) is 0 Å². The summed E-state index contributed by atoms with van der Waals surface area (Å²) in [5.41, 5.74) is 4.97. The van der Waals surface area contributed by atoms with Crippen molar-refractivity contribution in [2.24, 2.45) is 0 Å². The van der Waals surface area contributed by atoms with Gasteiger partial charge in [0.05, 0.1) is 23.1 Å². The van der Waals surface area contributed by atoms with E-state index >= 15 is 0 Å². The lowest BCUT2D eigenvalue weighted by molar-refractivity contribution is 0.101. The molecule has 0 atom stereocenters. The molecule has 88 valence electrons. The van der Waals surface area contributed by atoms with Crippen molar-refractivity contribution in [1.29, 1.82) is 0 Å². The molecule has 0 saturated heterocycles. The first-order valence-electron chi connectivity index (χ1n) is 5.63. The highest BCUT2D eigenvalue weighted by Gasteiger charge is 2.11. The number of ketones is 1. The smallest absolute Gasteiger partial charge is 0.163 e. The number of hydrogen-bond donors (Lipinski definition) is 0. The van der Waals surface area contributed by atoms with Crippen LogP contribution in [0.2, 0.25) is 0 Å². The minimum atomic E-state index is 0.0538. The second-order valence-electron chi connectivity index (χ2n) is 4.46. The Morgan fingerprint density at radius 3 is 2.18 bits per heavy atom. The highest BCUT2D eigenvalue weighted by atomic mass is 16.1. The molecule has 0 bridgehead atoms. The molecular weight excluding hydrogens is 212 g/mol. The molecule has 3 nitrogen and oxygen atoms in total. The quantitative estimate of drug-likeness (QED) is 0.740. The van der Waals surface area contributed by atoms with Crippen molar-refractivity contribution >= 4 is 5.78 Å². The molecule has 2 aromatic rings. The van der Waals surface area contributed by atoms with Crippen LogP contribution in [0, 0.1) is 20.8 Å². The molecular formula is C14H16N2O. The zero-order valence-electron chi connectivity index (χ0n) is 10.6. The van der Waals surface area contributed by atoms with E-state index in [9.17, 15) is 4.79 Å². The first-order chi connectivity index (χ1) is 7.99. The van der Waals surface area contributed by atoms with Gasteiger partial charge in [0, 0.05) is 0 Å². The number of carbonyl (C=O) groups is 1. The van der Waals surface area contributed by atoms with Crippen molar-refractivity contribution in [1.82, 2.24) is 9.78 Å². The van der Waals surface area contributed by atoms with Crippen LogP contribution in [-0.2, 0) is 0 Å². The van der Waals surface area contributed by atoms with Crippen LogP contribution in [0.5, 0.6) is 0 Å². The van der Waals surface area contributed by atoms with Gasteiger partial charge in [-0.15, -0.1) is 0 Å². The lowest BCUT2D eigenvalue weighted by Gasteiger charge is -2.07. The van der Waals surface area contributed by atoms with Crippen molar-refractivity contribution in [3.05, 3.63) is 46.8 Å². The molecule has 0 radical (unpaired) electrons. The lowest BCUT2D eigenvalue weighted by atomic mass is 10.1. The Bertz CT molecular complexity index is 562. The van der Waals surface area contributed by atoms with Gasteiger partial charge in [-0.05, 0) is 51.0 Å². The topological polar surface area (TPSA) is 34.9 Å². The Morgan fingerprint density at radius 2 is 1.71 bits per heavy atom. The van der Waals surface area contributed by atoms with E-state index in [-0.39, 0.29) is 5.78 Å². The normalized spacial score (nSPS) is 10.6. The van der Waals surface area contributed by atoms with Crippen molar-refractivity contribution in [2.75, 3.05) is 0 Å². The van der Waals surface area contributed by atoms with Crippen LogP contribution in [0.15, 0.2) is 24.4 Å². The summed E-state index contributed by atoms with van der Waals surface area (Å²) in [5.74, 6) is 0.0538. The van der Waals surface area contributed by atoms with Gasteiger partial charge in [0.1, 0.15) is 0 Å². The van der Waals surface area contributed by atoms with Gasteiger partial charge in [0.15, 0.2) is 5.78 Å². The van der Waals surface area contributed by atoms with E-state index in [0.717, 1.165) is 11.4 Å². The SMILES string of the molecule is CC(=O)c1cnn(-c2cc(C)cc(C)c2)c1C. The molecule has 0 aliphatic carbocycles. The fourth-order valence-corrected chi connectivity index (χ4v) is 2.09. The summed E-state index contributed by atoms with van der Waals surface area (Å²) in [6.45, 7) is 7.60. The molecule has 17 heavy (non-hydrogen) atoms. The molecule has 0 N–H and O–H groups in total. The van der Waals surface area contributed by atoms with E-state index in [1.165, 1.54) is 11.1 Å². The van der Waals surface area contributed by atoms with Crippen LogP contribution < -0.4 is 0 Å². The van der Waals surface area contributed by atoms with Crippen LogP contribution >= 0.6 is 0 Å². The molecule has 0 aliphatic heterocycles. The van der Waals surface area contributed by atoms with Crippen molar-refractivity contribution in [3.63, 3.8) is 0 Å². The van der Waals surface area contributed by atoms with Gasteiger partial charge in [-0.3, -0.25) is 4.79 Å². The summed E-state index contributed by atoms with van der Waals surface area (Å²) in [5, 5.41) is 4.29. The number of Topliss-reactive ketones (excluding diaryl/α,β-unsaturated/α-hetero) is 1. The maximum absolute atomic E-state index is 11.4. The number of nitrogens with zero attached hydrogens (tertiary/aromatic N) is 2. The standard InChI is InChI=1S/C14H16N2O/c1-9-5-10(2)7-13(6-9)16-11(3)14(8-15-16)12(4)17/h5-8H,1-4H3. The Balaban J connectivity index is 2.57. The van der Waals surface area contributed by atoms with E-state index < -0.39 is 0 Å². The summed E-state index contributed by atoms with van der Waals surface area (Å²) in [7, 11) is 0. The lowest BCUT2D eigenvalue weighted by Crippen LogP contribution is -2.02. The van der Waals surface area contributed by atoms with Crippen molar-refractivity contribution in [2.45, 2.75) is 27.7 Å². The van der Waals surface area contributed by atoms with Gasteiger partial charge in [-0.25, -0.2) is 4.68 Å². The number of aryl methyl sites for hydroxylation is 2. The van der Waals surface area contributed by atoms with E-state index in [1.54, 1.807) is 13.1 Å². The summed E-state index contributed by atoms with van der Waals surface area (Å²) < 4.78 is 1.82. The second kappa shape index (κ2) is 4.17. The Labute approximate surface area is 101 Å². The highest BCUT2D eigenvalue weighted by Crippen LogP contribution is 2.17. The average molecular weight is 228 g/mol. The minimum Gasteiger partial charge on any atom is -0.294 e. The van der Waals surface area contributed by atoms with E-state index in [1.807, 2.05) is 11.6 Å². The van der Waals surface area contributed by atoms with Crippen LogP contribution in [0.25, 0.3) is 5.69 Å². The third-order valence-corrected chi connectivity index (χ3v) is 2.84. The molecule has 1 heterocycles. The summed E-state index contributed by atoms with van der Waals surface area (Å²) in [4.78, 5) is 11.4. The molecule has 1 aromatic heterocycles. The number of carbonyl (C=O) groups excluding carboxylic acids is 1. The first-order valence-corrected chi connectivity index (χ1v) is 5.63. The van der Waals surface area contributed by atoms with E-state index in [4.69, 9.17) is 0 Å². The van der Waals surface area contributed by atoms with Gasteiger partial charge in [-0.1, -0.05) is 6.07 Å². The average Bonchev–Trinajstić information content (AvgIpc) is 2.58. The molecule has 1 aromatic carbocycles. The monoisotopic (exact) mass is 228 g/mol. The van der Waals surface area contributed by atoms with E-state index in [0.29, 0.717) is 5.56 Å². The van der Waals surface area contributed by atoms with E-state index in [2.05, 4.69) is 37.1 Å². The Kier molecular flexibility index (Phi) is 2.84. The van der Waals surface area contributed by atoms with Crippen LogP contribution in [0.1, 0.15) is 34.1 Å². The molecule has 0 unspecified atom stereocenters. The third-order valence-electron chi connectivity index (χ3n) is 2.84. The zero-order valence-corrected chi connectivity index (χ0v) is 10.6. The molecule has 2 rings (SSSR count). The molecule has 0 aliphatic rings. The zero-order chi connectivity index (χ0) is 12.6. The van der Waals surface area contributed by atoms with Crippen LogP contribution in [0.3, 0.4) is 0 Å². The predicted molar refractivity (Wildman–Crippen MR) is 67.8 cm³/mol. The van der Waals surface area contributed by atoms with Gasteiger partial charge in [0.2, 0.25) is 0 Å². The third kappa shape index (κ3) is 2.13. The summed E-state index contributed by atoms with van der Waals surface area (Å²) in [6.07, 6.45) is 1.63. The highest BCUT2D eigenvalue weighted by molar-refractivity contribution is 5.95. The number of benzene rings is 1. The Morgan fingerprint density at radius 1 is 1.12 bits per heavy atom. The summed E-state index contributed by atoms with van der Waals surface area (Å²) >= 11 is 0. The Hall–Kier alpha value is -1.90. The fraction of sp³-hybridized carbons (Fsp3) is 0.286. The largest absolute Gasteiger partial charge is 0.294 e. The molecule has 0 fully saturated rings. The number of rotatable bonds is 2. The van der Waals surface area contributed by atoms with Gasteiger partial charge < -0.3 is 0 Å². The van der Waals surface area contributed by atoms with Gasteiger partial charge >= 0.3 is 0 Å².